The third-order valence-electron chi connectivity index (χ3n) is 4.18. The van der Waals surface area contributed by atoms with E-state index in [4.69, 9.17) is 4.74 Å². The van der Waals surface area contributed by atoms with Gasteiger partial charge in [0.05, 0.1) is 10.4 Å². The number of ether oxygens (including phenoxy) is 1. The molecule has 4 aromatic rings. The van der Waals surface area contributed by atoms with Crippen molar-refractivity contribution >= 4 is 33.2 Å². The van der Waals surface area contributed by atoms with Crippen LogP contribution in [0.15, 0.2) is 60.7 Å². The number of nitro groups is 1. The Labute approximate surface area is 149 Å². The molecule has 0 aliphatic heterocycles. The van der Waals surface area contributed by atoms with Crippen molar-refractivity contribution in [2.75, 3.05) is 18.5 Å². The van der Waals surface area contributed by atoms with Gasteiger partial charge in [-0.25, -0.2) is 0 Å². The summed E-state index contributed by atoms with van der Waals surface area (Å²) in [5.41, 5.74) is 2.48. The van der Waals surface area contributed by atoms with Gasteiger partial charge in [0, 0.05) is 41.0 Å². The van der Waals surface area contributed by atoms with Crippen molar-refractivity contribution < 1.29 is 9.66 Å². The average Bonchev–Trinajstić information content (AvgIpc) is 3.03. The van der Waals surface area contributed by atoms with E-state index < -0.39 is 4.92 Å². The first-order valence-corrected chi connectivity index (χ1v) is 8.24. The van der Waals surface area contributed by atoms with E-state index in [2.05, 4.69) is 22.4 Å². The molecule has 0 atom stereocenters. The number of anilines is 1. The van der Waals surface area contributed by atoms with Crippen LogP contribution in [0, 0.1) is 16.2 Å². The van der Waals surface area contributed by atoms with E-state index in [1.165, 1.54) is 11.5 Å². The first-order chi connectivity index (χ1) is 12.7. The maximum atomic E-state index is 11.0. The second-order valence-electron chi connectivity index (χ2n) is 5.84. The highest BCUT2D eigenvalue weighted by molar-refractivity contribution is 6.07. The molecule has 0 saturated carbocycles. The number of para-hydroxylation sites is 2. The highest BCUT2D eigenvalue weighted by Gasteiger charge is 2.11. The predicted molar refractivity (Wildman–Crippen MR) is 102 cm³/mol. The summed E-state index contributed by atoms with van der Waals surface area (Å²) >= 11 is 0. The molecule has 4 rings (SSSR count). The zero-order valence-electron chi connectivity index (χ0n) is 13.9. The Kier molecular flexibility index (Phi) is 4.15. The van der Waals surface area contributed by atoms with Crippen molar-refractivity contribution in [1.29, 1.82) is 0 Å². The molecule has 129 valence electrons. The molecule has 6 heteroatoms. The minimum Gasteiger partial charge on any atom is -0.492 e. The fourth-order valence-electron chi connectivity index (χ4n) is 2.99. The fraction of sp³-hybridized carbons (Fsp3) is 0.100. The average molecular weight is 346 g/mol. The molecule has 2 N–H and O–H groups in total. The number of rotatable bonds is 6. The molecule has 1 radical (unpaired) electrons. The highest BCUT2D eigenvalue weighted by Crippen LogP contribution is 2.28. The van der Waals surface area contributed by atoms with E-state index in [0.29, 0.717) is 18.8 Å². The van der Waals surface area contributed by atoms with Gasteiger partial charge in [0.2, 0.25) is 0 Å². The predicted octanol–water partition coefficient (Wildman–Crippen LogP) is 4.52. The molecular formula is C20H16N3O3. The molecule has 3 aromatic carbocycles. The lowest BCUT2D eigenvalue weighted by Gasteiger charge is -2.09. The monoisotopic (exact) mass is 346 g/mol. The number of aromatic nitrogens is 1. The molecule has 6 nitrogen and oxygen atoms in total. The summed E-state index contributed by atoms with van der Waals surface area (Å²) in [6, 6.07) is 21.6. The van der Waals surface area contributed by atoms with Gasteiger partial charge in [-0.1, -0.05) is 30.3 Å². The lowest BCUT2D eigenvalue weighted by Crippen LogP contribution is -2.12. The third kappa shape index (κ3) is 3.04. The normalized spacial score (nSPS) is 10.9. The second kappa shape index (κ2) is 6.76. The topological polar surface area (TPSA) is 80.2 Å². The SMILES string of the molecule is O=[N+]([O-])c1ccc[c]c1NCCOc1ccc2c(c1)[nH]c1ccccc12. The van der Waals surface area contributed by atoms with E-state index in [9.17, 15) is 10.1 Å². The van der Waals surface area contributed by atoms with Gasteiger partial charge in [-0.15, -0.1) is 0 Å². The van der Waals surface area contributed by atoms with E-state index in [0.717, 1.165) is 22.2 Å². The lowest BCUT2D eigenvalue weighted by molar-refractivity contribution is -0.384. The Bertz CT molecular complexity index is 1090. The summed E-state index contributed by atoms with van der Waals surface area (Å²) in [5, 5.41) is 16.3. The number of hydrogen-bond acceptors (Lipinski definition) is 4. The Morgan fingerprint density at radius 3 is 2.81 bits per heavy atom. The molecule has 0 bridgehead atoms. The van der Waals surface area contributed by atoms with Crippen molar-refractivity contribution in [3.05, 3.63) is 76.8 Å². The molecule has 0 spiro atoms. The van der Waals surface area contributed by atoms with Crippen molar-refractivity contribution in [1.82, 2.24) is 4.98 Å². The van der Waals surface area contributed by atoms with Gasteiger partial charge in [0.15, 0.2) is 0 Å². The number of benzene rings is 3. The first kappa shape index (κ1) is 16.0. The van der Waals surface area contributed by atoms with E-state index in [1.807, 2.05) is 36.4 Å². The van der Waals surface area contributed by atoms with Crippen LogP contribution in [0.4, 0.5) is 11.4 Å². The summed E-state index contributed by atoms with van der Waals surface area (Å²) in [4.78, 5) is 13.9. The van der Waals surface area contributed by atoms with Crippen LogP contribution >= 0.6 is 0 Å². The molecule has 0 fully saturated rings. The molecule has 0 saturated heterocycles. The zero-order chi connectivity index (χ0) is 17.9. The van der Waals surface area contributed by atoms with Crippen molar-refractivity contribution in [3.8, 4) is 5.75 Å². The summed E-state index contributed by atoms with van der Waals surface area (Å²) in [6.45, 7) is 0.817. The highest BCUT2D eigenvalue weighted by atomic mass is 16.6. The Morgan fingerprint density at radius 2 is 1.92 bits per heavy atom. The molecule has 1 aromatic heterocycles. The Balaban J connectivity index is 1.42. The van der Waals surface area contributed by atoms with Gasteiger partial charge in [-0.05, 0) is 18.2 Å². The van der Waals surface area contributed by atoms with Gasteiger partial charge in [-0.2, -0.15) is 0 Å². The van der Waals surface area contributed by atoms with Gasteiger partial charge >= 0.3 is 0 Å². The zero-order valence-corrected chi connectivity index (χ0v) is 13.9. The number of H-pyrrole nitrogens is 1. The fourth-order valence-corrected chi connectivity index (χ4v) is 2.99. The maximum Gasteiger partial charge on any atom is 0.292 e. The molecule has 0 unspecified atom stereocenters. The van der Waals surface area contributed by atoms with Crippen LogP contribution in [0.1, 0.15) is 0 Å². The molecule has 0 amide bonds. The van der Waals surface area contributed by atoms with Gasteiger partial charge in [-0.3, -0.25) is 10.1 Å². The Hall–Kier alpha value is -3.54. The van der Waals surface area contributed by atoms with Crippen molar-refractivity contribution in [2.24, 2.45) is 0 Å². The summed E-state index contributed by atoms with van der Waals surface area (Å²) < 4.78 is 5.77. The number of nitrogens with zero attached hydrogens (tertiary/aromatic N) is 1. The van der Waals surface area contributed by atoms with Crippen molar-refractivity contribution in [2.45, 2.75) is 0 Å². The van der Waals surface area contributed by atoms with E-state index >= 15 is 0 Å². The number of nitro benzene ring substituents is 1. The minimum atomic E-state index is -0.427. The van der Waals surface area contributed by atoms with Crippen LogP contribution in [-0.4, -0.2) is 23.1 Å². The molecule has 0 aliphatic rings. The second-order valence-corrected chi connectivity index (χ2v) is 5.84. The van der Waals surface area contributed by atoms with Crippen LogP contribution in [0.2, 0.25) is 0 Å². The first-order valence-electron chi connectivity index (χ1n) is 8.24. The number of nitrogens with one attached hydrogen (secondary N) is 2. The summed E-state index contributed by atoms with van der Waals surface area (Å²) in [7, 11) is 0. The number of hydrogen-bond donors (Lipinski definition) is 2. The summed E-state index contributed by atoms with van der Waals surface area (Å²) in [5.74, 6) is 0.748. The van der Waals surface area contributed by atoms with Crippen LogP contribution in [-0.2, 0) is 0 Å². The number of aromatic amines is 1. The third-order valence-corrected chi connectivity index (χ3v) is 4.18. The van der Waals surface area contributed by atoms with E-state index in [-0.39, 0.29) is 5.69 Å². The van der Waals surface area contributed by atoms with Gasteiger partial charge in [0.1, 0.15) is 18.0 Å². The van der Waals surface area contributed by atoms with Gasteiger partial charge in [0.25, 0.3) is 5.69 Å². The van der Waals surface area contributed by atoms with E-state index in [1.54, 1.807) is 12.1 Å². The van der Waals surface area contributed by atoms with Crippen molar-refractivity contribution in [3.63, 3.8) is 0 Å². The molecular weight excluding hydrogens is 330 g/mol. The molecule has 1 heterocycles. The van der Waals surface area contributed by atoms with Crippen LogP contribution in [0.25, 0.3) is 21.8 Å². The largest absolute Gasteiger partial charge is 0.492 e. The molecule has 26 heavy (non-hydrogen) atoms. The lowest BCUT2D eigenvalue weighted by atomic mass is 10.1. The summed E-state index contributed by atoms with van der Waals surface area (Å²) in [6.07, 6.45) is 0. The van der Waals surface area contributed by atoms with Crippen LogP contribution in [0.5, 0.6) is 5.75 Å². The quantitative estimate of drug-likeness (QED) is 0.305. The maximum absolute atomic E-state index is 11.0. The minimum absolute atomic E-state index is 0.00648. The molecule has 0 aliphatic carbocycles. The standard InChI is InChI=1S/C20H16N3O3/c24-23(25)20-8-4-3-7-18(20)21-11-12-26-14-9-10-16-15-5-1-2-6-17(15)22-19(16)13-14/h1-6,8-10,13,21-22H,11-12H2. The Morgan fingerprint density at radius 1 is 1.08 bits per heavy atom. The number of fused-ring (bicyclic) bond motifs is 3. The smallest absolute Gasteiger partial charge is 0.292 e. The van der Waals surface area contributed by atoms with Crippen LogP contribution in [0.3, 0.4) is 0 Å². The van der Waals surface area contributed by atoms with Gasteiger partial charge < -0.3 is 15.0 Å². The van der Waals surface area contributed by atoms with Crippen LogP contribution < -0.4 is 10.1 Å².